The van der Waals surface area contributed by atoms with Crippen LogP contribution in [0, 0.1) is 0 Å². The summed E-state index contributed by atoms with van der Waals surface area (Å²) >= 11 is 0. The summed E-state index contributed by atoms with van der Waals surface area (Å²) in [5.74, 6) is 5.08. The molecule has 4 atom stereocenters. The van der Waals surface area contributed by atoms with Crippen molar-refractivity contribution in [3.8, 4) is 23.0 Å². The van der Waals surface area contributed by atoms with Gasteiger partial charge in [-0.1, -0.05) is 48.5 Å². The monoisotopic (exact) mass is 634 g/mol. The second kappa shape index (κ2) is 13.2. The normalized spacial score (nSPS) is 20.9. The summed E-state index contributed by atoms with van der Waals surface area (Å²) in [5, 5.41) is 0. The number of methoxy groups -OCH3 is 4. The summed E-state index contributed by atoms with van der Waals surface area (Å²) in [6.07, 6.45) is 0. The van der Waals surface area contributed by atoms with E-state index in [2.05, 4.69) is 96.3 Å². The molecule has 0 spiro atoms. The van der Waals surface area contributed by atoms with Crippen molar-refractivity contribution in [2.24, 2.45) is 0 Å². The van der Waals surface area contributed by atoms with E-state index >= 15 is 0 Å². The number of rotatable bonds is 8. The lowest BCUT2D eigenvalue weighted by Gasteiger charge is -2.23. The maximum absolute atomic E-state index is 5.48. The smallest absolute Gasteiger partial charge is 0.374 e. The predicted molar refractivity (Wildman–Crippen MR) is 186 cm³/mol. The molecule has 47 heavy (non-hydrogen) atoms. The Balaban J connectivity index is 1.49. The molecule has 0 saturated carbocycles. The number of hydrogen-bond donors (Lipinski definition) is 0. The molecule has 0 bridgehead atoms. The molecule has 4 aromatic carbocycles. The highest BCUT2D eigenvalue weighted by atomic mass is 16.5. The third-order valence-corrected chi connectivity index (χ3v) is 9.56. The van der Waals surface area contributed by atoms with E-state index in [0.29, 0.717) is 0 Å². The van der Waals surface area contributed by atoms with Crippen molar-refractivity contribution in [3.63, 3.8) is 0 Å². The zero-order chi connectivity index (χ0) is 33.2. The SMILES string of the molecule is COc1ccc([C@H]2[C@H](c3ccc(OC)cc3)N(C)C(=[N+]=C3N(C)[C@@H](c4ccc(OC)cc4)[C@H](c4ccc(OC)cc4)N3C)N2C)cc1. The third kappa shape index (κ3) is 5.79. The first-order valence-corrected chi connectivity index (χ1v) is 15.7. The van der Waals surface area contributed by atoms with Crippen molar-refractivity contribution < 1.29 is 18.9 Å². The zero-order valence-electron chi connectivity index (χ0n) is 28.4. The molecule has 0 aliphatic carbocycles. The van der Waals surface area contributed by atoms with E-state index < -0.39 is 0 Å². The van der Waals surface area contributed by atoms with Gasteiger partial charge < -0.3 is 18.9 Å². The minimum absolute atomic E-state index is 0.00503. The largest absolute Gasteiger partial charge is 0.497 e. The lowest BCUT2D eigenvalue weighted by Crippen LogP contribution is -2.38. The quantitative estimate of drug-likeness (QED) is 0.235. The highest BCUT2D eigenvalue weighted by Crippen LogP contribution is 2.45. The van der Waals surface area contributed by atoms with Crippen LogP contribution >= 0.6 is 0 Å². The van der Waals surface area contributed by atoms with Crippen molar-refractivity contribution >= 4 is 11.9 Å². The van der Waals surface area contributed by atoms with Gasteiger partial charge in [0.2, 0.25) is 0 Å². The fourth-order valence-corrected chi connectivity index (χ4v) is 7.08. The Labute approximate surface area is 277 Å². The molecule has 4 aromatic rings. The Morgan fingerprint density at radius 3 is 0.723 bits per heavy atom. The van der Waals surface area contributed by atoms with E-state index in [9.17, 15) is 0 Å². The topological polar surface area (TPSA) is 64.0 Å². The molecule has 0 radical (unpaired) electrons. The van der Waals surface area contributed by atoms with E-state index in [4.69, 9.17) is 23.6 Å². The van der Waals surface area contributed by atoms with Crippen molar-refractivity contribution in [1.29, 1.82) is 0 Å². The molecule has 6 rings (SSSR count). The second-order valence-electron chi connectivity index (χ2n) is 12.0. The van der Waals surface area contributed by atoms with Crippen molar-refractivity contribution in [1.82, 2.24) is 24.3 Å². The zero-order valence-corrected chi connectivity index (χ0v) is 28.4. The number of benzene rings is 4. The number of hydrogen-bond acceptors (Lipinski definition) is 4. The molecule has 2 heterocycles. The van der Waals surface area contributed by atoms with Gasteiger partial charge in [0.05, 0.1) is 28.4 Å². The van der Waals surface area contributed by atoms with Crippen LogP contribution in [0.25, 0.3) is 0 Å². The minimum Gasteiger partial charge on any atom is -0.497 e. The molecule has 244 valence electrons. The molecule has 0 N–H and O–H groups in total. The van der Waals surface area contributed by atoms with Gasteiger partial charge in [-0.2, -0.15) is 0 Å². The van der Waals surface area contributed by atoms with Gasteiger partial charge in [0.25, 0.3) is 0 Å². The number of likely N-dealkylation sites (N-methyl/N-ethyl adjacent to an activating group) is 4. The van der Waals surface area contributed by atoms with E-state index in [0.717, 1.165) is 34.9 Å². The maximum Gasteiger partial charge on any atom is 0.374 e. The predicted octanol–water partition coefficient (Wildman–Crippen LogP) is 5.52. The van der Waals surface area contributed by atoms with E-state index in [1.807, 2.05) is 48.5 Å². The molecular weight excluding hydrogens is 590 g/mol. The summed E-state index contributed by atoms with van der Waals surface area (Å²) in [6, 6.07) is 33.4. The Hall–Kier alpha value is -5.27. The van der Waals surface area contributed by atoms with E-state index in [1.54, 1.807) is 28.4 Å². The molecule has 2 aliphatic heterocycles. The average molecular weight is 635 g/mol. The van der Waals surface area contributed by atoms with Crippen LogP contribution in [0.2, 0.25) is 0 Å². The van der Waals surface area contributed by atoms with Gasteiger partial charge in [0.1, 0.15) is 47.2 Å². The molecule has 2 aliphatic rings. The van der Waals surface area contributed by atoms with Crippen LogP contribution in [0.3, 0.4) is 0 Å². The summed E-state index contributed by atoms with van der Waals surface area (Å²) in [6.45, 7) is 0. The van der Waals surface area contributed by atoms with Crippen LogP contribution in [-0.4, -0.2) is 88.1 Å². The van der Waals surface area contributed by atoms with Crippen molar-refractivity contribution in [3.05, 3.63) is 119 Å². The number of nitrogens with zero attached hydrogens (tertiary/aromatic N) is 5. The standard InChI is InChI=1S/C38H44N5O4/c1-40-33(25-9-17-29(44-5)18-10-25)34(26-11-19-30(45-6)20-12-26)41(2)37(40)39-38-42(3)35(27-13-21-31(46-7)22-14-27)36(43(38)4)28-15-23-32(47-8)24-16-28/h9-24,33-36H,1-8H3/q+1/t33-,34-,35-,36-/m0/s1. The first-order chi connectivity index (χ1) is 22.8. The molecule has 0 amide bonds. The first kappa shape index (κ1) is 31.7. The highest BCUT2D eigenvalue weighted by Gasteiger charge is 2.50. The fourth-order valence-electron chi connectivity index (χ4n) is 7.08. The number of ether oxygens (including phenoxy) is 4. The Morgan fingerprint density at radius 1 is 0.362 bits per heavy atom. The fraction of sp³-hybridized carbons (Fsp3) is 0.316. The maximum atomic E-state index is 5.48. The van der Waals surface area contributed by atoms with E-state index in [1.165, 1.54) is 22.3 Å². The number of guanidine groups is 2. The molecule has 9 nitrogen and oxygen atoms in total. The molecule has 2 fully saturated rings. The Kier molecular flexibility index (Phi) is 8.92. The van der Waals surface area contributed by atoms with Gasteiger partial charge >= 0.3 is 11.9 Å². The third-order valence-electron chi connectivity index (χ3n) is 9.56. The minimum atomic E-state index is 0.00503. The lowest BCUT2D eigenvalue weighted by atomic mass is 9.93. The summed E-state index contributed by atoms with van der Waals surface area (Å²) < 4.78 is 27.4. The average Bonchev–Trinajstić information content (AvgIpc) is 3.51. The second-order valence-corrected chi connectivity index (χ2v) is 12.0. The molecule has 9 heteroatoms. The van der Waals surface area contributed by atoms with Crippen LogP contribution in [0.4, 0.5) is 0 Å². The van der Waals surface area contributed by atoms with Gasteiger partial charge in [0, 0.05) is 28.2 Å². The first-order valence-electron chi connectivity index (χ1n) is 15.7. The van der Waals surface area contributed by atoms with Gasteiger partial charge in [0.15, 0.2) is 0 Å². The van der Waals surface area contributed by atoms with Crippen LogP contribution in [0.15, 0.2) is 97.1 Å². The van der Waals surface area contributed by atoms with E-state index in [-0.39, 0.29) is 24.2 Å². The van der Waals surface area contributed by atoms with Gasteiger partial charge in [-0.25, -0.2) is 4.67 Å². The van der Waals surface area contributed by atoms with Crippen LogP contribution in [0.1, 0.15) is 46.4 Å². The molecular formula is C38H44N5O4+. The van der Waals surface area contributed by atoms with Gasteiger partial charge in [-0.05, 0) is 70.8 Å². The molecule has 0 unspecified atom stereocenters. The van der Waals surface area contributed by atoms with Crippen molar-refractivity contribution in [2.75, 3.05) is 56.6 Å². The summed E-state index contributed by atoms with van der Waals surface area (Å²) in [5.41, 5.74) is 4.71. The Morgan fingerprint density at radius 2 is 0.553 bits per heavy atom. The van der Waals surface area contributed by atoms with Gasteiger partial charge in [-0.3, -0.25) is 19.6 Å². The van der Waals surface area contributed by atoms with Crippen LogP contribution in [-0.2, 0) is 0 Å². The van der Waals surface area contributed by atoms with Crippen molar-refractivity contribution in [2.45, 2.75) is 24.2 Å². The Bertz CT molecular complexity index is 1490. The lowest BCUT2D eigenvalue weighted by molar-refractivity contribution is 0.316. The van der Waals surface area contributed by atoms with Crippen LogP contribution in [0.5, 0.6) is 23.0 Å². The summed E-state index contributed by atoms with van der Waals surface area (Å²) in [4.78, 5) is 9.14. The van der Waals surface area contributed by atoms with Gasteiger partial charge in [-0.15, -0.1) is 0 Å². The van der Waals surface area contributed by atoms with Crippen LogP contribution < -0.4 is 23.6 Å². The highest BCUT2D eigenvalue weighted by molar-refractivity contribution is 5.91. The molecule has 2 saturated heterocycles. The molecule has 0 aromatic heterocycles. The summed E-state index contributed by atoms with van der Waals surface area (Å²) in [7, 11) is 15.3.